The molecule has 0 saturated carbocycles. The molecule has 1 amide bonds. The Labute approximate surface area is 177 Å². The number of methoxy groups -OCH3 is 1. The van der Waals surface area contributed by atoms with Gasteiger partial charge in [0.15, 0.2) is 15.7 Å². The second-order valence-corrected chi connectivity index (χ2v) is 10.0. The van der Waals surface area contributed by atoms with Crippen LogP contribution in [0.4, 0.5) is 0 Å². The molecule has 2 aromatic rings. The average molecular weight is 433 g/mol. The second kappa shape index (κ2) is 8.85. The molecular weight excluding hydrogens is 404 g/mol. The highest BCUT2D eigenvalue weighted by atomic mass is 32.2. The van der Waals surface area contributed by atoms with Crippen molar-refractivity contribution in [3.63, 3.8) is 0 Å². The van der Waals surface area contributed by atoms with Gasteiger partial charge >= 0.3 is 0 Å². The van der Waals surface area contributed by atoms with Crippen LogP contribution in [0.3, 0.4) is 0 Å². The number of carbonyl (C=O) groups excluding carboxylic acids is 1. The van der Waals surface area contributed by atoms with Crippen molar-refractivity contribution < 1.29 is 17.9 Å². The monoisotopic (exact) mass is 432 g/mol. The second-order valence-electron chi connectivity index (χ2n) is 7.93. The van der Waals surface area contributed by atoms with Crippen molar-refractivity contribution in [1.82, 2.24) is 19.7 Å². The van der Waals surface area contributed by atoms with Crippen molar-refractivity contribution in [1.29, 1.82) is 0 Å². The van der Waals surface area contributed by atoms with E-state index >= 15 is 0 Å². The summed E-state index contributed by atoms with van der Waals surface area (Å²) in [7, 11) is -1.95. The summed E-state index contributed by atoms with van der Waals surface area (Å²) >= 11 is 0. The van der Waals surface area contributed by atoms with E-state index in [-0.39, 0.29) is 29.2 Å². The van der Waals surface area contributed by atoms with E-state index in [1.54, 1.807) is 12.1 Å². The quantitative estimate of drug-likeness (QED) is 0.696. The van der Waals surface area contributed by atoms with E-state index in [2.05, 4.69) is 14.8 Å². The van der Waals surface area contributed by atoms with Crippen molar-refractivity contribution in [2.24, 2.45) is 0 Å². The Morgan fingerprint density at radius 1 is 1.10 bits per heavy atom. The highest BCUT2D eigenvalue weighted by Gasteiger charge is 2.35. The molecule has 30 heavy (non-hydrogen) atoms. The average Bonchev–Trinajstić information content (AvgIpc) is 3.32. The van der Waals surface area contributed by atoms with E-state index in [0.717, 1.165) is 50.3 Å². The molecule has 2 aliphatic rings. The maximum absolute atomic E-state index is 13.2. The molecule has 0 N–H and O–H groups in total. The van der Waals surface area contributed by atoms with E-state index < -0.39 is 9.84 Å². The molecule has 0 aliphatic carbocycles. The molecule has 0 bridgehead atoms. The first kappa shape index (κ1) is 21.0. The third-order valence-corrected chi connectivity index (χ3v) is 7.66. The van der Waals surface area contributed by atoms with Crippen LogP contribution in [0.1, 0.15) is 60.2 Å². The number of rotatable bonds is 6. The fourth-order valence-electron chi connectivity index (χ4n) is 4.31. The van der Waals surface area contributed by atoms with Gasteiger partial charge in [0.1, 0.15) is 5.82 Å². The Morgan fingerprint density at radius 3 is 2.67 bits per heavy atom. The van der Waals surface area contributed by atoms with E-state index in [4.69, 9.17) is 4.74 Å². The summed E-state index contributed by atoms with van der Waals surface area (Å²) in [4.78, 5) is 15.3. The van der Waals surface area contributed by atoms with Crippen LogP contribution < -0.4 is 0 Å². The lowest BCUT2D eigenvalue weighted by Gasteiger charge is -2.25. The van der Waals surface area contributed by atoms with Gasteiger partial charge in [0, 0.05) is 32.2 Å². The third-order valence-electron chi connectivity index (χ3n) is 5.97. The molecule has 4 rings (SSSR count). The van der Waals surface area contributed by atoms with Gasteiger partial charge < -0.3 is 14.2 Å². The molecule has 2 aliphatic heterocycles. The number of sulfone groups is 1. The molecule has 1 saturated heterocycles. The molecule has 1 atom stereocenters. The van der Waals surface area contributed by atoms with Crippen LogP contribution >= 0.6 is 0 Å². The fraction of sp³-hybridized carbons (Fsp3) is 0.571. The molecular formula is C21H28N4O4S. The lowest BCUT2D eigenvalue weighted by Crippen LogP contribution is -2.32. The predicted molar refractivity (Wildman–Crippen MR) is 111 cm³/mol. The van der Waals surface area contributed by atoms with Gasteiger partial charge in [-0.2, -0.15) is 0 Å². The van der Waals surface area contributed by atoms with Crippen molar-refractivity contribution in [3.8, 4) is 0 Å². The molecule has 1 unspecified atom stereocenters. The number of aromatic nitrogens is 3. The Bertz CT molecular complexity index is 1000. The van der Waals surface area contributed by atoms with Gasteiger partial charge in [0.2, 0.25) is 0 Å². The molecule has 1 aromatic carbocycles. The minimum atomic E-state index is -3.42. The number of benzene rings is 1. The first-order valence-electron chi connectivity index (χ1n) is 10.6. The van der Waals surface area contributed by atoms with Crippen molar-refractivity contribution in [2.75, 3.05) is 26.0 Å². The van der Waals surface area contributed by atoms with Crippen molar-refractivity contribution in [2.45, 2.75) is 56.0 Å². The summed E-state index contributed by atoms with van der Waals surface area (Å²) in [6, 6.07) is 6.13. The lowest BCUT2D eigenvalue weighted by atomic mass is 10.1. The minimum absolute atomic E-state index is 0.0804. The van der Waals surface area contributed by atoms with E-state index in [9.17, 15) is 13.2 Å². The molecule has 8 nitrogen and oxygen atoms in total. The van der Waals surface area contributed by atoms with Crippen LogP contribution in [0.5, 0.6) is 0 Å². The highest BCUT2D eigenvalue weighted by Crippen LogP contribution is 2.33. The van der Waals surface area contributed by atoms with E-state index in [1.165, 1.54) is 25.7 Å². The number of fused-ring (bicyclic) bond motifs is 1. The number of carbonyl (C=O) groups is 1. The summed E-state index contributed by atoms with van der Waals surface area (Å²) in [5, 5.41) is 8.84. The molecule has 162 valence electrons. The number of ether oxygens (including phenoxy) is 1. The van der Waals surface area contributed by atoms with E-state index in [0.29, 0.717) is 12.1 Å². The van der Waals surface area contributed by atoms with Crippen molar-refractivity contribution in [3.05, 3.63) is 41.5 Å². The van der Waals surface area contributed by atoms with E-state index in [1.807, 2.05) is 4.90 Å². The normalized spacial score (nSPS) is 19.5. The molecule has 1 aromatic heterocycles. The maximum atomic E-state index is 13.2. The van der Waals surface area contributed by atoms with Crippen LogP contribution in [-0.2, 0) is 27.5 Å². The van der Waals surface area contributed by atoms with Gasteiger partial charge in [-0.1, -0.05) is 6.42 Å². The number of aryl methyl sites for hydroxylation is 1. The molecule has 0 spiro atoms. The highest BCUT2D eigenvalue weighted by molar-refractivity contribution is 7.91. The molecule has 3 heterocycles. The van der Waals surface area contributed by atoms with Gasteiger partial charge in [0.05, 0.1) is 23.3 Å². The van der Waals surface area contributed by atoms with Crippen LogP contribution in [0.2, 0.25) is 0 Å². The zero-order valence-electron chi connectivity index (χ0n) is 17.3. The Morgan fingerprint density at radius 2 is 1.90 bits per heavy atom. The van der Waals surface area contributed by atoms with Gasteiger partial charge in [-0.25, -0.2) is 8.42 Å². The number of likely N-dealkylation sites (tertiary alicyclic amines) is 1. The molecule has 9 heteroatoms. The standard InChI is InChI=1S/C21H28N4O4S/c1-29-14-15-30(27,28)17-10-8-16(9-11-17)21(26)24-13-5-6-18(24)20-23-22-19-7-3-2-4-12-25(19)20/h8-11,18H,2-7,12-15H2,1H3. The van der Waals surface area contributed by atoms with Gasteiger partial charge in [-0.3, -0.25) is 4.79 Å². The summed E-state index contributed by atoms with van der Waals surface area (Å²) in [5.41, 5.74) is 0.489. The minimum Gasteiger partial charge on any atom is -0.384 e. The summed E-state index contributed by atoms with van der Waals surface area (Å²) in [6.07, 6.45) is 6.15. The van der Waals surface area contributed by atoms with Crippen LogP contribution in [-0.4, -0.2) is 60.0 Å². The topological polar surface area (TPSA) is 94.4 Å². The first-order valence-corrected chi connectivity index (χ1v) is 12.2. The van der Waals surface area contributed by atoms with Gasteiger partial charge in [0.25, 0.3) is 5.91 Å². The largest absolute Gasteiger partial charge is 0.384 e. The summed E-state index contributed by atoms with van der Waals surface area (Å²) in [6.45, 7) is 1.71. The fourth-order valence-corrected chi connectivity index (χ4v) is 5.49. The zero-order valence-corrected chi connectivity index (χ0v) is 18.1. The Hall–Kier alpha value is -2.26. The van der Waals surface area contributed by atoms with Gasteiger partial charge in [-0.15, -0.1) is 10.2 Å². The van der Waals surface area contributed by atoms with Crippen LogP contribution in [0, 0.1) is 0 Å². The number of nitrogens with zero attached hydrogens (tertiary/aromatic N) is 4. The van der Waals surface area contributed by atoms with Crippen LogP contribution in [0.25, 0.3) is 0 Å². The lowest BCUT2D eigenvalue weighted by molar-refractivity contribution is 0.0727. The molecule has 1 fully saturated rings. The smallest absolute Gasteiger partial charge is 0.254 e. The number of hydrogen-bond acceptors (Lipinski definition) is 6. The number of hydrogen-bond donors (Lipinski definition) is 0. The maximum Gasteiger partial charge on any atom is 0.254 e. The Kier molecular flexibility index (Phi) is 6.19. The van der Waals surface area contributed by atoms with Crippen molar-refractivity contribution >= 4 is 15.7 Å². The third kappa shape index (κ3) is 4.13. The predicted octanol–water partition coefficient (Wildman–Crippen LogP) is 2.40. The first-order chi connectivity index (χ1) is 14.5. The summed E-state index contributed by atoms with van der Waals surface area (Å²) < 4.78 is 31.7. The SMILES string of the molecule is COCCS(=O)(=O)c1ccc(C(=O)N2CCCC2c2nnc3n2CCCCC3)cc1. The molecule has 0 radical (unpaired) electrons. The zero-order chi connectivity index (χ0) is 21.1. The summed E-state index contributed by atoms with van der Waals surface area (Å²) in [5.74, 6) is 1.73. The van der Waals surface area contributed by atoms with Gasteiger partial charge in [-0.05, 0) is 49.9 Å². The Balaban J connectivity index is 1.54. The van der Waals surface area contributed by atoms with Crippen LogP contribution in [0.15, 0.2) is 29.2 Å². The number of amides is 1.